The Morgan fingerprint density at radius 1 is 1.56 bits per heavy atom. The molecule has 4 N–H and O–H groups in total. The molecule has 1 heterocycles. The fraction of sp³-hybridized carbons (Fsp3) is 0.385. The molecule has 0 aromatic carbocycles. The Balaban J connectivity index is 1.95. The molecule has 0 spiro atoms. The van der Waals surface area contributed by atoms with Gasteiger partial charge in [-0.1, -0.05) is 17.3 Å². The minimum atomic E-state index is 0.0393. The van der Waals surface area contributed by atoms with E-state index in [1.165, 1.54) is 6.42 Å². The molecule has 96 valence electrons. The molecule has 1 unspecified atom stereocenters. The highest BCUT2D eigenvalue weighted by Gasteiger charge is 2.09. The van der Waals surface area contributed by atoms with Gasteiger partial charge in [0.1, 0.15) is 5.69 Å². The van der Waals surface area contributed by atoms with Crippen LogP contribution < -0.4 is 11.1 Å². The highest BCUT2D eigenvalue weighted by Crippen LogP contribution is 2.11. The lowest BCUT2D eigenvalue weighted by Gasteiger charge is -2.19. The van der Waals surface area contributed by atoms with Crippen LogP contribution in [0, 0.1) is 0 Å². The van der Waals surface area contributed by atoms with Gasteiger partial charge < -0.3 is 16.3 Å². The van der Waals surface area contributed by atoms with Crippen molar-refractivity contribution in [2.24, 2.45) is 10.9 Å². The predicted molar refractivity (Wildman–Crippen MR) is 70.4 cm³/mol. The van der Waals surface area contributed by atoms with Crippen LogP contribution in [0.3, 0.4) is 0 Å². The smallest absolute Gasteiger partial charge is 0.188 e. The molecule has 0 saturated heterocycles. The van der Waals surface area contributed by atoms with Gasteiger partial charge in [-0.2, -0.15) is 0 Å². The van der Waals surface area contributed by atoms with Crippen molar-refractivity contribution >= 4 is 5.84 Å². The molecule has 5 nitrogen and oxygen atoms in total. The molecule has 5 heteroatoms. The second kappa shape index (κ2) is 6.16. The first-order valence-corrected chi connectivity index (χ1v) is 6.11. The standard InChI is InChI=1S/C13H18N4O/c14-13(17-18)12-8-10(6-7-15-12)9-16-11-4-2-1-3-5-11/h1-2,6-8,11,16,18H,3-5,9H2,(H2,14,17). The number of hydrogen-bond acceptors (Lipinski definition) is 4. The van der Waals surface area contributed by atoms with Crippen LogP contribution in [0.2, 0.25) is 0 Å². The van der Waals surface area contributed by atoms with Crippen LogP contribution in [0.25, 0.3) is 0 Å². The van der Waals surface area contributed by atoms with E-state index in [1.54, 1.807) is 6.20 Å². The van der Waals surface area contributed by atoms with Crippen LogP contribution >= 0.6 is 0 Å². The van der Waals surface area contributed by atoms with Crippen molar-refractivity contribution in [1.82, 2.24) is 10.3 Å². The molecule has 18 heavy (non-hydrogen) atoms. The van der Waals surface area contributed by atoms with Crippen LogP contribution in [-0.2, 0) is 6.54 Å². The van der Waals surface area contributed by atoms with E-state index in [-0.39, 0.29) is 5.84 Å². The lowest BCUT2D eigenvalue weighted by Crippen LogP contribution is -2.29. The number of rotatable bonds is 4. The van der Waals surface area contributed by atoms with Crippen LogP contribution in [0.4, 0.5) is 0 Å². The van der Waals surface area contributed by atoms with Gasteiger partial charge in [-0.15, -0.1) is 0 Å². The average Bonchev–Trinajstić information content (AvgIpc) is 2.45. The highest BCUT2D eigenvalue weighted by molar-refractivity contribution is 5.95. The third kappa shape index (κ3) is 3.30. The molecule has 2 rings (SSSR count). The largest absolute Gasteiger partial charge is 0.409 e. The van der Waals surface area contributed by atoms with E-state index in [4.69, 9.17) is 10.9 Å². The molecule has 0 bridgehead atoms. The molecule has 0 fully saturated rings. The average molecular weight is 246 g/mol. The first-order chi connectivity index (χ1) is 8.79. The topological polar surface area (TPSA) is 83.5 Å². The van der Waals surface area contributed by atoms with E-state index < -0.39 is 0 Å². The summed E-state index contributed by atoms with van der Waals surface area (Å²) in [6.07, 6.45) is 9.51. The summed E-state index contributed by atoms with van der Waals surface area (Å²) in [4.78, 5) is 4.05. The summed E-state index contributed by atoms with van der Waals surface area (Å²) in [6, 6.07) is 4.30. The van der Waals surface area contributed by atoms with E-state index in [0.717, 1.165) is 24.9 Å². The Hall–Kier alpha value is -1.88. The molecule has 0 amide bonds. The summed E-state index contributed by atoms with van der Waals surface area (Å²) in [5.41, 5.74) is 7.09. The fourth-order valence-corrected chi connectivity index (χ4v) is 2.02. The Bertz CT molecular complexity index is 456. The molecule has 1 aliphatic rings. The van der Waals surface area contributed by atoms with E-state index in [2.05, 4.69) is 27.6 Å². The summed E-state index contributed by atoms with van der Waals surface area (Å²) in [6.45, 7) is 0.771. The number of nitrogens with one attached hydrogen (secondary N) is 1. The van der Waals surface area contributed by atoms with Gasteiger partial charge in [-0.25, -0.2) is 0 Å². The third-order valence-electron chi connectivity index (χ3n) is 3.06. The molecule has 1 aromatic heterocycles. The fourth-order valence-electron chi connectivity index (χ4n) is 2.02. The lowest BCUT2D eigenvalue weighted by atomic mass is 10.0. The predicted octanol–water partition coefficient (Wildman–Crippen LogP) is 1.37. The van der Waals surface area contributed by atoms with Crippen molar-refractivity contribution < 1.29 is 5.21 Å². The van der Waals surface area contributed by atoms with Crippen molar-refractivity contribution in [1.29, 1.82) is 0 Å². The zero-order valence-electron chi connectivity index (χ0n) is 10.2. The van der Waals surface area contributed by atoms with Crippen LogP contribution in [0.5, 0.6) is 0 Å². The number of oxime groups is 1. The number of nitrogens with zero attached hydrogens (tertiary/aromatic N) is 2. The van der Waals surface area contributed by atoms with Gasteiger partial charge in [0.25, 0.3) is 0 Å². The zero-order chi connectivity index (χ0) is 12.8. The lowest BCUT2D eigenvalue weighted by molar-refractivity contribution is 0.318. The molecular formula is C13H18N4O. The van der Waals surface area contributed by atoms with E-state index >= 15 is 0 Å². The zero-order valence-corrected chi connectivity index (χ0v) is 10.2. The van der Waals surface area contributed by atoms with Gasteiger partial charge in [0, 0.05) is 18.8 Å². The van der Waals surface area contributed by atoms with Crippen molar-refractivity contribution in [3.63, 3.8) is 0 Å². The SMILES string of the molecule is NC(=NO)c1cc(CNC2CC=CCC2)ccn1. The van der Waals surface area contributed by atoms with Crippen molar-refractivity contribution in [3.05, 3.63) is 41.7 Å². The summed E-state index contributed by atoms with van der Waals surface area (Å²) < 4.78 is 0. The molecule has 0 aliphatic heterocycles. The maximum atomic E-state index is 8.61. The summed E-state index contributed by atoms with van der Waals surface area (Å²) >= 11 is 0. The minimum Gasteiger partial charge on any atom is -0.409 e. The first-order valence-electron chi connectivity index (χ1n) is 6.11. The van der Waals surface area contributed by atoms with Crippen LogP contribution in [0.15, 0.2) is 35.6 Å². The summed E-state index contributed by atoms with van der Waals surface area (Å²) in [5, 5.41) is 15.1. The van der Waals surface area contributed by atoms with Crippen LogP contribution in [-0.4, -0.2) is 22.1 Å². The molecule has 1 aliphatic carbocycles. The van der Waals surface area contributed by atoms with Crippen LogP contribution in [0.1, 0.15) is 30.5 Å². The van der Waals surface area contributed by atoms with Gasteiger partial charge in [0.15, 0.2) is 5.84 Å². The number of hydrogen-bond donors (Lipinski definition) is 3. The molecule has 0 radical (unpaired) electrons. The minimum absolute atomic E-state index is 0.0393. The summed E-state index contributed by atoms with van der Waals surface area (Å²) in [5.74, 6) is 0.0393. The summed E-state index contributed by atoms with van der Waals surface area (Å²) in [7, 11) is 0. The van der Waals surface area contributed by atoms with E-state index in [0.29, 0.717) is 11.7 Å². The van der Waals surface area contributed by atoms with Gasteiger partial charge in [-0.3, -0.25) is 4.98 Å². The Labute approximate surface area is 106 Å². The molecule has 0 saturated carbocycles. The van der Waals surface area contributed by atoms with Crippen molar-refractivity contribution in [2.75, 3.05) is 0 Å². The Morgan fingerprint density at radius 3 is 3.17 bits per heavy atom. The number of pyridine rings is 1. The van der Waals surface area contributed by atoms with E-state index in [1.807, 2.05) is 12.1 Å². The first kappa shape index (κ1) is 12.6. The number of allylic oxidation sites excluding steroid dienone is 1. The second-order valence-corrected chi connectivity index (χ2v) is 4.40. The quantitative estimate of drug-likeness (QED) is 0.246. The monoisotopic (exact) mass is 246 g/mol. The number of aromatic nitrogens is 1. The van der Waals surface area contributed by atoms with Gasteiger partial charge in [0.2, 0.25) is 0 Å². The Morgan fingerprint density at radius 2 is 2.44 bits per heavy atom. The van der Waals surface area contributed by atoms with Gasteiger partial charge in [0.05, 0.1) is 0 Å². The highest BCUT2D eigenvalue weighted by atomic mass is 16.4. The van der Waals surface area contributed by atoms with Crippen molar-refractivity contribution in [2.45, 2.75) is 31.8 Å². The molecule has 1 atom stereocenters. The molecule has 1 aromatic rings. The third-order valence-corrected chi connectivity index (χ3v) is 3.06. The van der Waals surface area contributed by atoms with Gasteiger partial charge in [-0.05, 0) is 37.0 Å². The van der Waals surface area contributed by atoms with E-state index in [9.17, 15) is 0 Å². The number of nitrogens with two attached hydrogens (primary N) is 1. The molecular weight excluding hydrogens is 228 g/mol. The maximum Gasteiger partial charge on any atom is 0.188 e. The Kier molecular flexibility index (Phi) is 4.30. The van der Waals surface area contributed by atoms with Gasteiger partial charge >= 0.3 is 0 Å². The maximum absolute atomic E-state index is 8.61. The van der Waals surface area contributed by atoms with Crippen molar-refractivity contribution in [3.8, 4) is 0 Å². The number of amidine groups is 1. The normalized spacial score (nSPS) is 20.0. The second-order valence-electron chi connectivity index (χ2n) is 4.40.